The maximum absolute atomic E-state index is 5.80. The fraction of sp³-hybridized carbons (Fsp3) is 0.467. The summed E-state index contributed by atoms with van der Waals surface area (Å²) < 4.78 is 0. The van der Waals surface area contributed by atoms with E-state index >= 15 is 0 Å². The number of nitrogens with one attached hydrogen (secondary N) is 1. The zero-order valence-electron chi connectivity index (χ0n) is 11.3. The van der Waals surface area contributed by atoms with Crippen LogP contribution < -0.4 is 11.1 Å². The van der Waals surface area contributed by atoms with Crippen LogP contribution in [0.15, 0.2) is 24.5 Å². The lowest BCUT2D eigenvalue weighted by Crippen LogP contribution is -2.26. The molecular weight excluding hydrogens is 236 g/mol. The predicted octanol–water partition coefficient (Wildman–Crippen LogP) is 3.20. The summed E-state index contributed by atoms with van der Waals surface area (Å²) in [5.41, 5.74) is 7.44. The molecule has 1 aromatic carbocycles. The molecule has 0 bridgehead atoms. The summed E-state index contributed by atoms with van der Waals surface area (Å²) in [6.45, 7) is 2.33. The highest BCUT2D eigenvalue weighted by atomic mass is 15.0. The van der Waals surface area contributed by atoms with Gasteiger partial charge in [0.2, 0.25) is 0 Å². The Morgan fingerprint density at radius 2 is 2.16 bits per heavy atom. The summed E-state index contributed by atoms with van der Waals surface area (Å²) in [7, 11) is 0. The van der Waals surface area contributed by atoms with Crippen LogP contribution in [0.4, 0.5) is 11.5 Å². The largest absolute Gasteiger partial charge is 0.399 e. The van der Waals surface area contributed by atoms with E-state index in [1.165, 1.54) is 25.7 Å². The van der Waals surface area contributed by atoms with Gasteiger partial charge in [0.25, 0.3) is 0 Å². The van der Waals surface area contributed by atoms with Gasteiger partial charge in [0.1, 0.15) is 12.1 Å². The van der Waals surface area contributed by atoms with Gasteiger partial charge in [-0.05, 0) is 37.0 Å². The molecule has 4 heteroatoms. The molecule has 0 radical (unpaired) electrons. The van der Waals surface area contributed by atoms with E-state index in [0.29, 0.717) is 6.04 Å². The van der Waals surface area contributed by atoms with Gasteiger partial charge in [-0.25, -0.2) is 9.97 Å². The van der Waals surface area contributed by atoms with Crippen molar-refractivity contribution >= 4 is 22.4 Å². The number of hydrogen-bond acceptors (Lipinski definition) is 4. The number of fused-ring (bicyclic) bond motifs is 1. The first-order valence-electron chi connectivity index (χ1n) is 6.99. The molecule has 2 unspecified atom stereocenters. The van der Waals surface area contributed by atoms with E-state index in [4.69, 9.17) is 5.73 Å². The molecule has 1 aromatic heterocycles. The Balaban J connectivity index is 1.88. The Labute approximate surface area is 113 Å². The molecule has 1 fully saturated rings. The van der Waals surface area contributed by atoms with Gasteiger partial charge in [-0.1, -0.05) is 19.8 Å². The standard InChI is InChI=1S/C15H20N4/c1-10-3-2-4-12(7-10)19-15-13-6-5-11(16)8-14(13)17-9-18-15/h5-6,8-10,12H,2-4,7,16H2,1H3,(H,17,18,19). The topological polar surface area (TPSA) is 63.8 Å². The average molecular weight is 256 g/mol. The molecule has 2 aromatic rings. The summed E-state index contributed by atoms with van der Waals surface area (Å²) in [6.07, 6.45) is 6.70. The number of hydrogen-bond donors (Lipinski definition) is 2. The summed E-state index contributed by atoms with van der Waals surface area (Å²) in [5, 5.41) is 4.63. The van der Waals surface area contributed by atoms with Crippen LogP contribution in [0.5, 0.6) is 0 Å². The third-order valence-electron chi connectivity index (χ3n) is 3.94. The Morgan fingerprint density at radius 3 is 3.00 bits per heavy atom. The smallest absolute Gasteiger partial charge is 0.137 e. The third-order valence-corrected chi connectivity index (χ3v) is 3.94. The van der Waals surface area contributed by atoms with Crippen molar-refractivity contribution in [3.05, 3.63) is 24.5 Å². The zero-order chi connectivity index (χ0) is 13.2. The molecule has 3 N–H and O–H groups in total. The number of rotatable bonds is 2. The van der Waals surface area contributed by atoms with Crippen molar-refractivity contribution in [3.8, 4) is 0 Å². The minimum Gasteiger partial charge on any atom is -0.399 e. The van der Waals surface area contributed by atoms with Gasteiger partial charge >= 0.3 is 0 Å². The Morgan fingerprint density at radius 1 is 1.26 bits per heavy atom. The maximum atomic E-state index is 5.80. The van der Waals surface area contributed by atoms with Crippen LogP contribution in [0.2, 0.25) is 0 Å². The lowest BCUT2D eigenvalue weighted by molar-refractivity contribution is 0.358. The van der Waals surface area contributed by atoms with Crippen molar-refractivity contribution in [2.75, 3.05) is 11.1 Å². The second-order valence-corrected chi connectivity index (χ2v) is 5.61. The molecule has 1 saturated carbocycles. The van der Waals surface area contributed by atoms with Gasteiger partial charge < -0.3 is 11.1 Å². The number of benzene rings is 1. The summed E-state index contributed by atoms with van der Waals surface area (Å²) in [6, 6.07) is 6.32. The molecular formula is C15H20N4. The lowest BCUT2D eigenvalue weighted by Gasteiger charge is -2.28. The molecule has 0 amide bonds. The Hall–Kier alpha value is -1.84. The monoisotopic (exact) mass is 256 g/mol. The number of nitrogens with zero attached hydrogens (tertiary/aromatic N) is 2. The van der Waals surface area contributed by atoms with Crippen LogP contribution in [0, 0.1) is 5.92 Å². The number of nitrogens with two attached hydrogens (primary N) is 1. The van der Waals surface area contributed by atoms with E-state index in [2.05, 4.69) is 22.2 Å². The molecule has 4 nitrogen and oxygen atoms in total. The molecule has 3 rings (SSSR count). The van der Waals surface area contributed by atoms with Crippen LogP contribution in [0.25, 0.3) is 10.9 Å². The average Bonchev–Trinajstić information content (AvgIpc) is 2.38. The normalized spacial score (nSPS) is 23.4. The fourth-order valence-electron chi connectivity index (χ4n) is 2.95. The summed E-state index contributed by atoms with van der Waals surface area (Å²) in [4.78, 5) is 8.67. The van der Waals surface area contributed by atoms with Crippen molar-refractivity contribution in [2.24, 2.45) is 5.92 Å². The summed E-state index contributed by atoms with van der Waals surface area (Å²) in [5.74, 6) is 1.74. The molecule has 100 valence electrons. The zero-order valence-corrected chi connectivity index (χ0v) is 11.3. The molecule has 2 atom stereocenters. The van der Waals surface area contributed by atoms with Crippen LogP contribution in [-0.2, 0) is 0 Å². The van der Waals surface area contributed by atoms with E-state index < -0.39 is 0 Å². The van der Waals surface area contributed by atoms with Gasteiger partial charge in [0.05, 0.1) is 5.52 Å². The van der Waals surface area contributed by atoms with Crippen molar-refractivity contribution in [3.63, 3.8) is 0 Å². The Bertz CT molecular complexity index is 581. The van der Waals surface area contributed by atoms with E-state index in [1.54, 1.807) is 6.33 Å². The number of aromatic nitrogens is 2. The maximum Gasteiger partial charge on any atom is 0.137 e. The van der Waals surface area contributed by atoms with Crippen molar-refractivity contribution < 1.29 is 0 Å². The van der Waals surface area contributed by atoms with E-state index in [-0.39, 0.29) is 0 Å². The quantitative estimate of drug-likeness (QED) is 0.810. The van der Waals surface area contributed by atoms with Crippen molar-refractivity contribution in [2.45, 2.75) is 38.6 Å². The van der Waals surface area contributed by atoms with Gasteiger partial charge in [-0.3, -0.25) is 0 Å². The minimum atomic E-state index is 0.527. The van der Waals surface area contributed by atoms with Crippen molar-refractivity contribution in [1.82, 2.24) is 9.97 Å². The SMILES string of the molecule is CC1CCCC(Nc2ncnc3cc(N)ccc23)C1. The van der Waals surface area contributed by atoms with Crippen molar-refractivity contribution in [1.29, 1.82) is 0 Å². The van der Waals surface area contributed by atoms with Gasteiger partial charge in [-0.2, -0.15) is 0 Å². The van der Waals surface area contributed by atoms with Gasteiger partial charge in [0, 0.05) is 17.1 Å². The van der Waals surface area contributed by atoms with Crippen LogP contribution >= 0.6 is 0 Å². The first-order valence-corrected chi connectivity index (χ1v) is 6.99. The summed E-state index contributed by atoms with van der Waals surface area (Å²) >= 11 is 0. The Kier molecular flexibility index (Phi) is 3.23. The third kappa shape index (κ3) is 2.62. The second kappa shape index (κ2) is 5.03. The highest BCUT2D eigenvalue weighted by molar-refractivity contribution is 5.90. The fourth-order valence-corrected chi connectivity index (χ4v) is 2.95. The minimum absolute atomic E-state index is 0.527. The molecule has 1 heterocycles. The van der Waals surface area contributed by atoms with Crippen LogP contribution in [-0.4, -0.2) is 16.0 Å². The molecule has 1 aliphatic rings. The van der Waals surface area contributed by atoms with E-state index in [1.807, 2.05) is 18.2 Å². The van der Waals surface area contributed by atoms with Gasteiger partial charge in [0.15, 0.2) is 0 Å². The lowest BCUT2D eigenvalue weighted by atomic mass is 9.87. The van der Waals surface area contributed by atoms with Crippen LogP contribution in [0.3, 0.4) is 0 Å². The number of nitrogen functional groups attached to an aromatic ring is 1. The van der Waals surface area contributed by atoms with E-state index in [0.717, 1.165) is 28.3 Å². The second-order valence-electron chi connectivity index (χ2n) is 5.61. The predicted molar refractivity (Wildman–Crippen MR) is 79.0 cm³/mol. The highest BCUT2D eigenvalue weighted by Crippen LogP contribution is 2.28. The van der Waals surface area contributed by atoms with E-state index in [9.17, 15) is 0 Å². The highest BCUT2D eigenvalue weighted by Gasteiger charge is 2.19. The first-order chi connectivity index (χ1) is 9.22. The molecule has 1 aliphatic carbocycles. The molecule has 0 aliphatic heterocycles. The first kappa shape index (κ1) is 12.2. The molecule has 0 spiro atoms. The van der Waals surface area contributed by atoms with Gasteiger partial charge in [-0.15, -0.1) is 0 Å². The molecule has 19 heavy (non-hydrogen) atoms. The number of anilines is 2. The van der Waals surface area contributed by atoms with Crippen LogP contribution in [0.1, 0.15) is 32.6 Å². The molecule has 0 saturated heterocycles.